The lowest BCUT2D eigenvalue weighted by Gasteiger charge is -2.13. The van der Waals surface area contributed by atoms with Crippen LogP contribution in [0.25, 0.3) is 0 Å². The average Bonchev–Trinajstić information content (AvgIpc) is 3.22. The van der Waals surface area contributed by atoms with Crippen LogP contribution >= 0.6 is 0 Å². The molecule has 2 rings (SSSR count). The largest absolute Gasteiger partial charge is 0.493 e. The fourth-order valence-corrected chi connectivity index (χ4v) is 2.27. The molecule has 0 heterocycles. The van der Waals surface area contributed by atoms with Crippen molar-refractivity contribution in [2.45, 2.75) is 57.9 Å². The van der Waals surface area contributed by atoms with Gasteiger partial charge in [-0.2, -0.15) is 0 Å². The minimum absolute atomic E-state index is 0.527. The van der Waals surface area contributed by atoms with Gasteiger partial charge in [-0.1, -0.05) is 32.0 Å². The van der Waals surface area contributed by atoms with Crippen LogP contribution in [0.1, 0.15) is 57.4 Å². The van der Waals surface area contributed by atoms with Crippen molar-refractivity contribution in [1.29, 1.82) is 0 Å². The Hall–Kier alpha value is -1.02. The minimum atomic E-state index is 0.527. The van der Waals surface area contributed by atoms with E-state index in [1.165, 1.54) is 37.8 Å². The smallest absolute Gasteiger partial charge is 0.122 e. The van der Waals surface area contributed by atoms with Gasteiger partial charge in [-0.25, -0.2) is 0 Å². The summed E-state index contributed by atoms with van der Waals surface area (Å²) in [5.74, 6) is 1.59. The zero-order valence-electron chi connectivity index (χ0n) is 12.3. The van der Waals surface area contributed by atoms with Crippen molar-refractivity contribution in [1.82, 2.24) is 5.32 Å². The summed E-state index contributed by atoms with van der Waals surface area (Å²) in [5, 5.41) is 3.55. The Morgan fingerprint density at radius 1 is 1.16 bits per heavy atom. The Morgan fingerprint density at radius 2 is 1.95 bits per heavy atom. The van der Waals surface area contributed by atoms with Gasteiger partial charge in [0.15, 0.2) is 0 Å². The predicted molar refractivity (Wildman–Crippen MR) is 80.9 cm³/mol. The molecule has 0 saturated heterocycles. The van der Waals surface area contributed by atoms with E-state index < -0.39 is 0 Å². The van der Waals surface area contributed by atoms with Crippen molar-refractivity contribution < 1.29 is 4.74 Å². The molecule has 0 amide bonds. The summed E-state index contributed by atoms with van der Waals surface area (Å²) in [6, 6.07) is 9.24. The standard InChI is InChI=1S/C17H27NO/c1-14(2)16-8-4-5-9-17(16)19-13-7-3-6-12-18-15-10-11-15/h4-5,8-9,14-15,18H,3,6-7,10-13H2,1-2H3. The van der Waals surface area contributed by atoms with E-state index in [-0.39, 0.29) is 0 Å². The van der Waals surface area contributed by atoms with E-state index in [9.17, 15) is 0 Å². The number of para-hydroxylation sites is 1. The molecule has 1 N–H and O–H groups in total. The molecule has 2 nitrogen and oxygen atoms in total. The summed E-state index contributed by atoms with van der Waals surface area (Å²) in [6.45, 7) is 6.44. The van der Waals surface area contributed by atoms with Crippen molar-refractivity contribution >= 4 is 0 Å². The molecule has 1 aliphatic rings. The van der Waals surface area contributed by atoms with Crippen molar-refractivity contribution in [3.8, 4) is 5.75 Å². The van der Waals surface area contributed by atoms with E-state index in [0.29, 0.717) is 5.92 Å². The third-order valence-electron chi connectivity index (χ3n) is 3.63. The molecule has 0 bridgehead atoms. The molecule has 0 aromatic heterocycles. The van der Waals surface area contributed by atoms with Crippen LogP contribution in [0.4, 0.5) is 0 Å². The molecular weight excluding hydrogens is 234 g/mol. The first-order valence-electron chi connectivity index (χ1n) is 7.72. The molecule has 1 aliphatic carbocycles. The molecule has 1 aromatic rings. The SMILES string of the molecule is CC(C)c1ccccc1OCCCCCNC1CC1. The third kappa shape index (κ3) is 5.23. The maximum Gasteiger partial charge on any atom is 0.122 e. The predicted octanol–water partition coefficient (Wildman–Crippen LogP) is 4.11. The van der Waals surface area contributed by atoms with Crippen molar-refractivity contribution in [2.24, 2.45) is 0 Å². The molecule has 106 valence electrons. The Kier molecular flexibility index (Phi) is 5.71. The Balaban J connectivity index is 1.59. The lowest BCUT2D eigenvalue weighted by molar-refractivity contribution is 0.301. The van der Waals surface area contributed by atoms with E-state index >= 15 is 0 Å². The number of ether oxygens (including phenoxy) is 1. The topological polar surface area (TPSA) is 21.3 Å². The van der Waals surface area contributed by atoms with Crippen molar-refractivity contribution in [3.63, 3.8) is 0 Å². The van der Waals surface area contributed by atoms with Crippen LogP contribution in [0.2, 0.25) is 0 Å². The first kappa shape index (κ1) is 14.4. The molecule has 1 fully saturated rings. The third-order valence-corrected chi connectivity index (χ3v) is 3.63. The van der Waals surface area contributed by atoms with Gasteiger partial charge in [-0.3, -0.25) is 0 Å². The number of unbranched alkanes of at least 4 members (excludes halogenated alkanes) is 2. The average molecular weight is 261 g/mol. The zero-order valence-corrected chi connectivity index (χ0v) is 12.3. The van der Waals surface area contributed by atoms with Gasteiger partial charge in [0.1, 0.15) is 5.75 Å². The lowest BCUT2D eigenvalue weighted by Crippen LogP contribution is -2.17. The maximum atomic E-state index is 5.92. The highest BCUT2D eigenvalue weighted by atomic mass is 16.5. The minimum Gasteiger partial charge on any atom is -0.493 e. The molecule has 19 heavy (non-hydrogen) atoms. The summed E-state index contributed by atoms with van der Waals surface area (Å²) < 4.78 is 5.92. The van der Waals surface area contributed by atoms with Crippen LogP contribution in [0.3, 0.4) is 0 Å². The van der Waals surface area contributed by atoms with Crippen LogP contribution < -0.4 is 10.1 Å². The molecule has 0 atom stereocenters. The molecule has 0 spiro atoms. The summed E-state index contributed by atoms with van der Waals surface area (Å²) in [5.41, 5.74) is 1.32. The molecule has 1 saturated carbocycles. The molecular formula is C17H27NO. The van der Waals surface area contributed by atoms with E-state index in [4.69, 9.17) is 4.74 Å². The van der Waals surface area contributed by atoms with Crippen LogP contribution in [0.15, 0.2) is 24.3 Å². The van der Waals surface area contributed by atoms with Crippen LogP contribution in [0, 0.1) is 0 Å². The number of hydrogen-bond acceptors (Lipinski definition) is 2. The second kappa shape index (κ2) is 7.54. The van der Waals surface area contributed by atoms with E-state index in [1.54, 1.807) is 0 Å². The van der Waals surface area contributed by atoms with Gasteiger partial charge in [0.05, 0.1) is 6.61 Å². The summed E-state index contributed by atoms with van der Waals surface area (Å²) in [6.07, 6.45) is 6.44. The Morgan fingerprint density at radius 3 is 2.68 bits per heavy atom. The number of nitrogens with one attached hydrogen (secondary N) is 1. The highest BCUT2D eigenvalue weighted by Gasteiger charge is 2.19. The fourth-order valence-electron chi connectivity index (χ4n) is 2.27. The Labute approximate surface area is 117 Å². The van der Waals surface area contributed by atoms with Crippen LogP contribution in [-0.4, -0.2) is 19.2 Å². The van der Waals surface area contributed by atoms with E-state index in [2.05, 4.69) is 43.4 Å². The highest BCUT2D eigenvalue weighted by Crippen LogP contribution is 2.26. The summed E-state index contributed by atoms with van der Waals surface area (Å²) in [7, 11) is 0. The lowest BCUT2D eigenvalue weighted by atomic mass is 10.0. The number of benzene rings is 1. The number of hydrogen-bond donors (Lipinski definition) is 1. The van der Waals surface area contributed by atoms with Crippen molar-refractivity contribution in [2.75, 3.05) is 13.2 Å². The Bertz CT molecular complexity index is 371. The van der Waals surface area contributed by atoms with Gasteiger partial charge in [-0.15, -0.1) is 0 Å². The van der Waals surface area contributed by atoms with Gasteiger partial charge in [0, 0.05) is 6.04 Å². The molecule has 0 aliphatic heterocycles. The second-order valence-corrected chi connectivity index (χ2v) is 5.83. The normalized spacial score (nSPS) is 14.9. The monoisotopic (exact) mass is 261 g/mol. The van der Waals surface area contributed by atoms with Gasteiger partial charge in [0.2, 0.25) is 0 Å². The van der Waals surface area contributed by atoms with Crippen LogP contribution in [0.5, 0.6) is 5.75 Å². The van der Waals surface area contributed by atoms with Gasteiger partial charge < -0.3 is 10.1 Å². The van der Waals surface area contributed by atoms with E-state index in [0.717, 1.165) is 24.8 Å². The van der Waals surface area contributed by atoms with Gasteiger partial charge in [0.25, 0.3) is 0 Å². The van der Waals surface area contributed by atoms with E-state index in [1.807, 2.05) is 0 Å². The maximum absolute atomic E-state index is 5.92. The molecule has 0 unspecified atom stereocenters. The van der Waals surface area contributed by atoms with Crippen LogP contribution in [-0.2, 0) is 0 Å². The summed E-state index contributed by atoms with van der Waals surface area (Å²) >= 11 is 0. The fraction of sp³-hybridized carbons (Fsp3) is 0.647. The first-order chi connectivity index (χ1) is 9.27. The second-order valence-electron chi connectivity index (χ2n) is 5.83. The molecule has 0 radical (unpaired) electrons. The zero-order chi connectivity index (χ0) is 13.5. The molecule has 1 aromatic carbocycles. The molecule has 2 heteroatoms. The van der Waals surface area contributed by atoms with Gasteiger partial charge in [-0.05, 0) is 56.2 Å². The number of rotatable bonds is 9. The van der Waals surface area contributed by atoms with Gasteiger partial charge >= 0.3 is 0 Å². The highest BCUT2D eigenvalue weighted by molar-refractivity contribution is 5.35. The summed E-state index contributed by atoms with van der Waals surface area (Å²) in [4.78, 5) is 0. The quantitative estimate of drug-likeness (QED) is 0.675. The van der Waals surface area contributed by atoms with Crippen molar-refractivity contribution in [3.05, 3.63) is 29.8 Å². The first-order valence-corrected chi connectivity index (χ1v) is 7.72.